The lowest BCUT2D eigenvalue weighted by Crippen LogP contribution is -2.12. The monoisotopic (exact) mass is 299 g/mol. The summed E-state index contributed by atoms with van der Waals surface area (Å²) in [6, 6.07) is 24.0. The fourth-order valence-corrected chi connectivity index (χ4v) is 3.41. The number of hydrogen-bond acceptors (Lipinski definition) is 0. The molecule has 0 spiro atoms. The molecule has 3 aromatic carbocycles. The zero-order valence-corrected chi connectivity index (χ0v) is 13.9. The minimum absolute atomic E-state index is 0.131. The molecule has 0 aliphatic carbocycles. The van der Waals surface area contributed by atoms with E-state index in [0.29, 0.717) is 0 Å². The van der Waals surface area contributed by atoms with Crippen LogP contribution in [0.5, 0.6) is 0 Å². The number of hydrogen-bond donors (Lipinski definition) is 1. The van der Waals surface area contributed by atoms with Crippen LogP contribution >= 0.6 is 0 Å². The number of aromatic amines is 1. The number of para-hydroxylation sites is 1. The highest BCUT2D eigenvalue weighted by Gasteiger charge is 2.18. The SMILES string of the molecule is CC(C)(C)c1ccccc1-c1ccc2c(c1)[nH]c1ccccc12. The van der Waals surface area contributed by atoms with Crippen molar-refractivity contribution in [3.63, 3.8) is 0 Å². The summed E-state index contributed by atoms with van der Waals surface area (Å²) in [6.07, 6.45) is 0. The van der Waals surface area contributed by atoms with Crippen molar-refractivity contribution in [2.45, 2.75) is 26.2 Å². The lowest BCUT2D eigenvalue weighted by molar-refractivity contribution is 0.592. The fourth-order valence-electron chi connectivity index (χ4n) is 3.41. The van der Waals surface area contributed by atoms with Gasteiger partial charge in [0.25, 0.3) is 0 Å². The molecule has 0 saturated carbocycles. The van der Waals surface area contributed by atoms with E-state index < -0.39 is 0 Å². The lowest BCUT2D eigenvalue weighted by atomic mass is 9.82. The topological polar surface area (TPSA) is 15.8 Å². The van der Waals surface area contributed by atoms with Crippen LogP contribution in [-0.4, -0.2) is 4.98 Å². The number of benzene rings is 3. The Morgan fingerprint density at radius 1 is 0.696 bits per heavy atom. The summed E-state index contributed by atoms with van der Waals surface area (Å²) in [6.45, 7) is 6.81. The van der Waals surface area contributed by atoms with Crippen molar-refractivity contribution in [2.24, 2.45) is 0 Å². The first kappa shape index (κ1) is 14.1. The second-order valence-electron chi connectivity index (χ2n) is 7.23. The van der Waals surface area contributed by atoms with Gasteiger partial charge in [-0.1, -0.05) is 75.4 Å². The summed E-state index contributed by atoms with van der Waals surface area (Å²) in [5, 5.41) is 2.58. The molecule has 4 rings (SSSR count). The van der Waals surface area contributed by atoms with E-state index in [1.807, 2.05) is 0 Å². The van der Waals surface area contributed by atoms with E-state index in [2.05, 4.69) is 92.5 Å². The van der Waals surface area contributed by atoms with Crippen molar-refractivity contribution >= 4 is 21.8 Å². The molecule has 0 saturated heterocycles. The molecule has 0 fully saturated rings. The van der Waals surface area contributed by atoms with E-state index in [1.54, 1.807) is 0 Å². The average molecular weight is 299 g/mol. The third-order valence-electron chi connectivity index (χ3n) is 4.55. The Balaban J connectivity index is 1.96. The first-order chi connectivity index (χ1) is 11.0. The molecule has 114 valence electrons. The zero-order chi connectivity index (χ0) is 16.0. The molecular weight excluding hydrogens is 278 g/mol. The van der Waals surface area contributed by atoms with E-state index in [4.69, 9.17) is 0 Å². The lowest BCUT2D eigenvalue weighted by Gasteiger charge is -2.23. The predicted molar refractivity (Wildman–Crippen MR) is 99.9 cm³/mol. The number of H-pyrrole nitrogens is 1. The molecular formula is C22H21N. The van der Waals surface area contributed by atoms with E-state index in [1.165, 1.54) is 38.5 Å². The molecule has 1 aromatic heterocycles. The molecule has 1 heteroatoms. The van der Waals surface area contributed by atoms with Gasteiger partial charge in [0.1, 0.15) is 0 Å². The Labute approximate surface area is 137 Å². The Hall–Kier alpha value is -2.54. The van der Waals surface area contributed by atoms with E-state index in [9.17, 15) is 0 Å². The average Bonchev–Trinajstić information content (AvgIpc) is 2.91. The third kappa shape index (κ3) is 2.33. The molecule has 23 heavy (non-hydrogen) atoms. The first-order valence-corrected chi connectivity index (χ1v) is 8.14. The largest absolute Gasteiger partial charge is 0.354 e. The van der Waals surface area contributed by atoms with Crippen LogP contribution in [0.25, 0.3) is 32.9 Å². The predicted octanol–water partition coefficient (Wildman–Crippen LogP) is 6.29. The van der Waals surface area contributed by atoms with Gasteiger partial charge in [-0.3, -0.25) is 0 Å². The van der Waals surface area contributed by atoms with Gasteiger partial charge in [0.05, 0.1) is 0 Å². The number of fused-ring (bicyclic) bond motifs is 3. The van der Waals surface area contributed by atoms with Gasteiger partial charge in [-0.25, -0.2) is 0 Å². The Kier molecular flexibility index (Phi) is 3.05. The van der Waals surface area contributed by atoms with Crippen LogP contribution in [0.3, 0.4) is 0 Å². The molecule has 0 aliphatic heterocycles. The molecule has 0 aliphatic rings. The summed E-state index contributed by atoms with van der Waals surface area (Å²) in [7, 11) is 0. The van der Waals surface area contributed by atoms with Gasteiger partial charge in [0.15, 0.2) is 0 Å². The van der Waals surface area contributed by atoms with Crippen LogP contribution in [0, 0.1) is 0 Å². The maximum Gasteiger partial charge on any atom is 0.0471 e. The molecule has 0 atom stereocenters. The summed E-state index contributed by atoms with van der Waals surface area (Å²) in [5.74, 6) is 0. The Morgan fingerprint density at radius 3 is 2.22 bits per heavy atom. The van der Waals surface area contributed by atoms with Crippen molar-refractivity contribution < 1.29 is 0 Å². The van der Waals surface area contributed by atoms with Crippen LogP contribution in [0.4, 0.5) is 0 Å². The van der Waals surface area contributed by atoms with Gasteiger partial charge in [-0.05, 0) is 34.2 Å². The van der Waals surface area contributed by atoms with E-state index in [0.717, 1.165) is 0 Å². The summed E-state index contributed by atoms with van der Waals surface area (Å²) >= 11 is 0. The maximum absolute atomic E-state index is 3.55. The van der Waals surface area contributed by atoms with Crippen LogP contribution in [0.1, 0.15) is 26.3 Å². The number of aromatic nitrogens is 1. The number of nitrogens with one attached hydrogen (secondary N) is 1. The number of rotatable bonds is 1. The third-order valence-corrected chi connectivity index (χ3v) is 4.55. The second kappa shape index (κ2) is 4.99. The van der Waals surface area contributed by atoms with Crippen molar-refractivity contribution in [3.05, 3.63) is 72.3 Å². The minimum atomic E-state index is 0.131. The minimum Gasteiger partial charge on any atom is -0.354 e. The molecule has 0 bridgehead atoms. The van der Waals surface area contributed by atoms with Gasteiger partial charge < -0.3 is 4.98 Å². The highest BCUT2D eigenvalue weighted by molar-refractivity contribution is 6.08. The smallest absolute Gasteiger partial charge is 0.0471 e. The second-order valence-corrected chi connectivity index (χ2v) is 7.23. The van der Waals surface area contributed by atoms with Crippen molar-refractivity contribution in [1.29, 1.82) is 0 Å². The van der Waals surface area contributed by atoms with Gasteiger partial charge in [-0.15, -0.1) is 0 Å². The van der Waals surface area contributed by atoms with Crippen molar-refractivity contribution in [1.82, 2.24) is 4.98 Å². The molecule has 1 N–H and O–H groups in total. The molecule has 1 heterocycles. The highest BCUT2D eigenvalue weighted by atomic mass is 14.7. The van der Waals surface area contributed by atoms with Gasteiger partial charge in [0, 0.05) is 21.8 Å². The van der Waals surface area contributed by atoms with Crippen LogP contribution < -0.4 is 0 Å². The molecule has 4 aromatic rings. The van der Waals surface area contributed by atoms with Gasteiger partial charge in [0.2, 0.25) is 0 Å². The highest BCUT2D eigenvalue weighted by Crippen LogP contribution is 2.35. The summed E-state index contributed by atoms with van der Waals surface area (Å²) in [5.41, 5.74) is 6.51. The summed E-state index contributed by atoms with van der Waals surface area (Å²) in [4.78, 5) is 3.55. The van der Waals surface area contributed by atoms with Gasteiger partial charge in [-0.2, -0.15) is 0 Å². The molecule has 0 amide bonds. The van der Waals surface area contributed by atoms with Crippen LogP contribution in [-0.2, 0) is 5.41 Å². The fraction of sp³-hybridized carbons (Fsp3) is 0.182. The van der Waals surface area contributed by atoms with Crippen LogP contribution in [0.15, 0.2) is 66.7 Å². The molecule has 0 radical (unpaired) electrons. The normalized spacial score (nSPS) is 12.1. The summed E-state index contributed by atoms with van der Waals surface area (Å²) < 4.78 is 0. The zero-order valence-electron chi connectivity index (χ0n) is 13.9. The van der Waals surface area contributed by atoms with Crippen LogP contribution in [0.2, 0.25) is 0 Å². The van der Waals surface area contributed by atoms with Crippen molar-refractivity contribution in [2.75, 3.05) is 0 Å². The quantitative estimate of drug-likeness (QED) is 0.425. The van der Waals surface area contributed by atoms with Crippen molar-refractivity contribution in [3.8, 4) is 11.1 Å². The molecule has 0 unspecified atom stereocenters. The maximum atomic E-state index is 3.55. The Bertz CT molecular complexity index is 999. The standard InChI is InChI=1S/C22H21N/c1-22(2,3)19-10-6-4-8-16(19)15-12-13-18-17-9-5-7-11-20(17)23-21(18)14-15/h4-14,23H,1-3H3. The Morgan fingerprint density at radius 2 is 1.39 bits per heavy atom. The van der Waals surface area contributed by atoms with Gasteiger partial charge >= 0.3 is 0 Å². The first-order valence-electron chi connectivity index (χ1n) is 8.14. The van der Waals surface area contributed by atoms with E-state index >= 15 is 0 Å². The van der Waals surface area contributed by atoms with E-state index in [-0.39, 0.29) is 5.41 Å². The molecule has 1 nitrogen and oxygen atoms in total.